The molecule has 1 fully saturated rings. The normalized spacial score (nSPS) is 19.3. The Hall–Kier alpha value is -3.53. The van der Waals surface area contributed by atoms with Gasteiger partial charge in [-0.3, -0.25) is 14.4 Å². The van der Waals surface area contributed by atoms with Crippen LogP contribution in [-0.2, 0) is 16.8 Å². The van der Waals surface area contributed by atoms with Crippen LogP contribution in [0.3, 0.4) is 0 Å². The molecule has 2 aliphatic rings. The molecule has 1 aliphatic heterocycles. The van der Waals surface area contributed by atoms with Gasteiger partial charge in [-0.15, -0.1) is 11.3 Å². The number of nitrogens with one attached hydrogen (secondary N) is 1. The van der Waals surface area contributed by atoms with Gasteiger partial charge in [-0.25, -0.2) is 9.37 Å². The SMILES string of the molecule is CC(C)N1C[C@@](C)(C(=O)NCC2CC2)n2cc(-c3ncc(Cc4ccc(F)cc4)s3)c(=O)c(O)c2C1=O. The maximum absolute atomic E-state index is 13.5. The minimum atomic E-state index is -1.24. The second-order valence-electron chi connectivity index (χ2n) is 10.3. The Kier molecular flexibility index (Phi) is 6.39. The summed E-state index contributed by atoms with van der Waals surface area (Å²) in [6.07, 6.45) is 5.76. The number of pyridine rings is 1. The van der Waals surface area contributed by atoms with Crippen LogP contribution in [0.25, 0.3) is 10.6 Å². The quantitative estimate of drug-likeness (QED) is 0.492. The number of carbonyl (C=O) groups excluding carboxylic acids is 2. The number of aromatic hydroxyl groups is 1. The van der Waals surface area contributed by atoms with Crippen LogP contribution in [0.15, 0.2) is 41.5 Å². The van der Waals surface area contributed by atoms with Crippen molar-refractivity contribution in [2.45, 2.75) is 51.6 Å². The second kappa shape index (κ2) is 9.41. The van der Waals surface area contributed by atoms with Crippen molar-refractivity contribution in [1.82, 2.24) is 19.8 Å². The fraction of sp³-hybridized carbons (Fsp3) is 0.407. The molecule has 3 aromatic rings. The summed E-state index contributed by atoms with van der Waals surface area (Å²) in [5.41, 5.74) is -1.14. The first-order chi connectivity index (χ1) is 17.6. The first kappa shape index (κ1) is 25.1. The third-order valence-electron chi connectivity index (χ3n) is 7.09. The molecule has 1 atom stereocenters. The summed E-state index contributed by atoms with van der Waals surface area (Å²) in [7, 11) is 0. The van der Waals surface area contributed by atoms with E-state index in [2.05, 4.69) is 10.3 Å². The Morgan fingerprint density at radius 3 is 2.62 bits per heavy atom. The minimum Gasteiger partial charge on any atom is -0.503 e. The number of hydrogen-bond acceptors (Lipinski definition) is 6. The molecule has 2 N–H and O–H groups in total. The number of halogens is 1. The highest BCUT2D eigenvalue weighted by Gasteiger charge is 2.47. The van der Waals surface area contributed by atoms with Gasteiger partial charge < -0.3 is 19.9 Å². The minimum absolute atomic E-state index is 0.0996. The summed E-state index contributed by atoms with van der Waals surface area (Å²) in [5.74, 6) is -1.32. The average molecular weight is 525 g/mol. The monoisotopic (exact) mass is 524 g/mol. The molecular weight excluding hydrogens is 495 g/mol. The van der Waals surface area contributed by atoms with Crippen LogP contribution in [0.1, 0.15) is 54.5 Å². The number of amides is 2. The average Bonchev–Trinajstić information content (AvgIpc) is 3.59. The fourth-order valence-corrected chi connectivity index (χ4v) is 5.58. The van der Waals surface area contributed by atoms with E-state index in [0.717, 1.165) is 23.3 Å². The Morgan fingerprint density at radius 1 is 1.27 bits per heavy atom. The molecule has 0 bridgehead atoms. The Bertz CT molecular complexity index is 1430. The molecule has 0 spiro atoms. The lowest BCUT2D eigenvalue weighted by atomic mass is 9.93. The molecule has 194 valence electrons. The predicted molar refractivity (Wildman–Crippen MR) is 138 cm³/mol. The van der Waals surface area contributed by atoms with Crippen LogP contribution < -0.4 is 10.7 Å². The largest absolute Gasteiger partial charge is 0.503 e. The van der Waals surface area contributed by atoms with Crippen LogP contribution in [0, 0.1) is 11.7 Å². The lowest BCUT2D eigenvalue weighted by Crippen LogP contribution is -2.61. The molecule has 0 saturated heterocycles. The van der Waals surface area contributed by atoms with Crippen molar-refractivity contribution in [2.75, 3.05) is 13.1 Å². The Morgan fingerprint density at radius 2 is 1.97 bits per heavy atom. The van der Waals surface area contributed by atoms with Gasteiger partial charge in [-0.05, 0) is 57.2 Å². The smallest absolute Gasteiger partial charge is 0.274 e. The van der Waals surface area contributed by atoms with Crippen molar-refractivity contribution in [3.8, 4) is 16.3 Å². The van der Waals surface area contributed by atoms with Gasteiger partial charge in [0.15, 0.2) is 11.4 Å². The summed E-state index contributed by atoms with van der Waals surface area (Å²) < 4.78 is 14.7. The lowest BCUT2D eigenvalue weighted by molar-refractivity contribution is -0.130. The third kappa shape index (κ3) is 4.66. The molecule has 2 aromatic heterocycles. The highest BCUT2D eigenvalue weighted by Crippen LogP contribution is 2.35. The summed E-state index contributed by atoms with van der Waals surface area (Å²) in [6, 6.07) is 5.91. The van der Waals surface area contributed by atoms with Gasteiger partial charge in [0.2, 0.25) is 11.3 Å². The number of thiazole rings is 1. The van der Waals surface area contributed by atoms with E-state index < -0.39 is 22.6 Å². The fourth-order valence-electron chi connectivity index (χ4n) is 4.63. The van der Waals surface area contributed by atoms with Gasteiger partial charge >= 0.3 is 0 Å². The Balaban J connectivity index is 1.56. The summed E-state index contributed by atoms with van der Waals surface area (Å²) in [6.45, 7) is 6.03. The Labute approximate surface area is 217 Å². The van der Waals surface area contributed by atoms with Gasteiger partial charge in [-0.1, -0.05) is 12.1 Å². The number of aromatic nitrogens is 2. The molecular formula is C27H29FN4O4S. The molecule has 5 rings (SSSR count). The predicted octanol–water partition coefficient (Wildman–Crippen LogP) is 3.51. The maximum Gasteiger partial charge on any atom is 0.274 e. The molecule has 3 heterocycles. The summed E-state index contributed by atoms with van der Waals surface area (Å²) in [5, 5.41) is 14.4. The first-order valence-corrected chi connectivity index (χ1v) is 13.2. The van der Waals surface area contributed by atoms with Crippen LogP contribution in [-0.4, -0.2) is 50.5 Å². The number of fused-ring (bicyclic) bond motifs is 1. The molecule has 8 nitrogen and oxygen atoms in total. The number of carbonyl (C=O) groups is 2. The zero-order valence-corrected chi connectivity index (χ0v) is 21.8. The van der Waals surface area contributed by atoms with Gasteiger partial charge in [0.25, 0.3) is 5.91 Å². The summed E-state index contributed by atoms with van der Waals surface area (Å²) in [4.78, 5) is 46.8. The molecule has 10 heteroatoms. The van der Waals surface area contributed by atoms with Crippen molar-refractivity contribution < 1.29 is 19.1 Å². The van der Waals surface area contributed by atoms with E-state index in [1.165, 1.54) is 39.1 Å². The van der Waals surface area contributed by atoms with Crippen LogP contribution in [0.5, 0.6) is 5.75 Å². The number of nitrogens with zero attached hydrogens (tertiary/aromatic N) is 3. The first-order valence-electron chi connectivity index (χ1n) is 12.4. The number of hydrogen-bond donors (Lipinski definition) is 2. The van der Waals surface area contributed by atoms with Crippen LogP contribution in [0.2, 0.25) is 0 Å². The lowest BCUT2D eigenvalue weighted by Gasteiger charge is -2.44. The molecule has 2 amide bonds. The molecule has 1 aliphatic carbocycles. The van der Waals surface area contributed by atoms with E-state index in [4.69, 9.17) is 0 Å². The highest BCUT2D eigenvalue weighted by atomic mass is 32.1. The van der Waals surface area contributed by atoms with E-state index in [9.17, 15) is 23.9 Å². The third-order valence-corrected chi connectivity index (χ3v) is 8.12. The molecule has 1 saturated carbocycles. The van der Waals surface area contributed by atoms with E-state index in [-0.39, 0.29) is 35.6 Å². The van der Waals surface area contributed by atoms with Crippen LogP contribution >= 0.6 is 11.3 Å². The molecule has 37 heavy (non-hydrogen) atoms. The number of rotatable bonds is 7. The zero-order valence-electron chi connectivity index (χ0n) is 21.0. The van der Waals surface area contributed by atoms with Gasteiger partial charge in [0.05, 0.1) is 12.1 Å². The summed E-state index contributed by atoms with van der Waals surface area (Å²) >= 11 is 1.27. The van der Waals surface area contributed by atoms with Gasteiger partial charge in [0.1, 0.15) is 16.4 Å². The zero-order chi connectivity index (χ0) is 26.5. The van der Waals surface area contributed by atoms with Gasteiger partial charge in [0, 0.05) is 36.3 Å². The molecule has 0 unspecified atom stereocenters. The van der Waals surface area contributed by atoms with Crippen molar-refractivity contribution in [3.05, 3.63) is 68.8 Å². The van der Waals surface area contributed by atoms with E-state index in [0.29, 0.717) is 23.9 Å². The topological polar surface area (TPSA) is 105 Å². The van der Waals surface area contributed by atoms with Crippen molar-refractivity contribution >= 4 is 23.2 Å². The van der Waals surface area contributed by atoms with Gasteiger partial charge in [-0.2, -0.15) is 0 Å². The maximum atomic E-state index is 13.5. The second-order valence-corrected chi connectivity index (χ2v) is 11.4. The molecule has 1 aromatic carbocycles. The van der Waals surface area contributed by atoms with E-state index >= 15 is 0 Å². The van der Waals surface area contributed by atoms with Crippen LogP contribution in [0.4, 0.5) is 4.39 Å². The van der Waals surface area contributed by atoms with Crippen molar-refractivity contribution in [2.24, 2.45) is 5.92 Å². The standard InChI is InChI=1S/C27H29FN4O4S/c1-15(2)31-14-27(3,26(36)30-11-17-4-5-17)32-13-20(22(33)23(34)21(32)25(31)35)24-29-12-19(37-24)10-16-6-8-18(28)9-7-16/h6-9,12-13,15,17,34H,4-5,10-11,14H2,1-3H3,(H,30,36)/t27-/m0/s1. The number of benzene rings is 1. The van der Waals surface area contributed by atoms with E-state index in [1.54, 1.807) is 25.3 Å². The van der Waals surface area contributed by atoms with Crippen molar-refractivity contribution in [1.29, 1.82) is 0 Å². The molecule has 0 radical (unpaired) electrons. The highest BCUT2D eigenvalue weighted by molar-refractivity contribution is 7.15. The van der Waals surface area contributed by atoms with E-state index in [1.807, 2.05) is 13.8 Å². The van der Waals surface area contributed by atoms with Crippen molar-refractivity contribution in [3.63, 3.8) is 0 Å².